The summed E-state index contributed by atoms with van der Waals surface area (Å²) in [6.07, 6.45) is 5.10. The van der Waals surface area contributed by atoms with Crippen LogP contribution in [0.15, 0.2) is 6.99 Å². The van der Waals surface area contributed by atoms with Gasteiger partial charge in [0.15, 0.2) is 0 Å². The summed E-state index contributed by atoms with van der Waals surface area (Å²) in [5, 5.41) is 9.24. The Bertz CT molecular complexity index is 369. The molecular weight excluding hydrogens is 440 g/mol. The molecule has 0 saturated heterocycles. The maximum absolute atomic E-state index is 4.62. The fraction of sp³-hybridized carbons (Fsp3) is 0.958. The molecule has 0 aliphatic carbocycles. The van der Waals surface area contributed by atoms with Crippen LogP contribution in [0.25, 0.3) is 10.6 Å². The molecule has 0 rings (SSSR count). The van der Waals surface area contributed by atoms with Crippen LogP contribution in [0.3, 0.4) is 0 Å². The first-order chi connectivity index (χ1) is 13.2. The van der Waals surface area contributed by atoms with Crippen molar-refractivity contribution in [3.8, 4) is 0 Å². The predicted octanol–water partition coefficient (Wildman–Crippen LogP) is 8.97. The third kappa shape index (κ3) is 39.3. The van der Waals surface area contributed by atoms with Gasteiger partial charge >= 0.3 is 77.8 Å². The van der Waals surface area contributed by atoms with Gasteiger partial charge in [0.25, 0.3) is 0 Å². The largest absolute Gasteiger partial charge is 0.678 e. The molecule has 0 spiro atoms. The average Bonchev–Trinajstić information content (AvgIpc) is 2.51. The zero-order valence-corrected chi connectivity index (χ0v) is 24.1. The summed E-state index contributed by atoms with van der Waals surface area (Å²) in [7, 11) is 0. The van der Waals surface area contributed by atoms with Crippen molar-refractivity contribution in [3.05, 3.63) is 16.6 Å². The van der Waals surface area contributed by atoms with E-state index in [-0.39, 0.29) is 17.2 Å². The molecule has 178 valence electrons. The molecule has 0 fully saturated rings. The first-order valence-electron chi connectivity index (χ1n) is 11.4. The van der Waals surface area contributed by atoms with Gasteiger partial charge in [0.1, 0.15) is 0 Å². The van der Waals surface area contributed by atoms with Gasteiger partial charge in [-0.15, -0.1) is 13.1 Å². The Morgan fingerprint density at radius 2 is 1.07 bits per heavy atom. The molecule has 0 N–H and O–H groups in total. The van der Waals surface area contributed by atoms with Crippen molar-refractivity contribution in [2.75, 3.05) is 13.1 Å². The first-order valence-corrected chi connectivity index (χ1v) is 13.2. The Hall–Kier alpha value is 0.208. The minimum absolute atomic E-state index is 0.108. The number of hydrogen-bond donors (Lipinski definition) is 0. The number of nitrogens with zero attached hydrogens (tertiary/aromatic N) is 4. The normalized spacial score (nSPS) is 11.6. The van der Waals surface area contributed by atoms with Gasteiger partial charge < -0.3 is 16.6 Å². The SMILES string of the molecule is CC(C)(C)[N]=[Mo]=[N]C(C)(C)C.CCCC[N-]C([N-]CCCC)C(C)C.C[C-](C)C. The summed E-state index contributed by atoms with van der Waals surface area (Å²) < 4.78 is 9.01. The second-order valence-corrected chi connectivity index (χ2v) is 11.6. The molecule has 0 aromatic heterocycles. The maximum Gasteiger partial charge on any atom is -0.0578 e. The van der Waals surface area contributed by atoms with Crippen LogP contribution in [-0.4, -0.2) is 30.3 Å². The number of unbranched alkanes of at least 4 members (excludes halogenated alkanes) is 2. The van der Waals surface area contributed by atoms with E-state index in [4.69, 9.17) is 0 Å². The summed E-state index contributed by atoms with van der Waals surface area (Å²) in [4.78, 5) is 0. The van der Waals surface area contributed by atoms with Crippen molar-refractivity contribution >= 4 is 0 Å². The van der Waals surface area contributed by atoms with E-state index in [0.29, 0.717) is 5.92 Å². The quantitative estimate of drug-likeness (QED) is 0.175. The van der Waals surface area contributed by atoms with Crippen molar-refractivity contribution in [2.45, 2.75) is 133 Å². The minimum atomic E-state index is -0.473. The van der Waals surface area contributed by atoms with Crippen LogP contribution in [0.4, 0.5) is 0 Å². The van der Waals surface area contributed by atoms with E-state index in [1.165, 1.54) is 31.6 Å². The van der Waals surface area contributed by atoms with E-state index < -0.39 is 18.2 Å². The van der Waals surface area contributed by atoms with Gasteiger partial charge in [0.05, 0.1) is 0 Å². The van der Waals surface area contributed by atoms with E-state index >= 15 is 0 Å². The van der Waals surface area contributed by atoms with E-state index in [9.17, 15) is 0 Å². The van der Waals surface area contributed by atoms with Crippen molar-refractivity contribution in [2.24, 2.45) is 12.9 Å². The van der Waals surface area contributed by atoms with Crippen molar-refractivity contribution in [3.63, 3.8) is 0 Å². The van der Waals surface area contributed by atoms with Crippen molar-refractivity contribution in [1.82, 2.24) is 0 Å². The standard InChI is InChI=1S/C12H26N2.2C4H9N.C4H9.Mo/c1-5-7-9-13-12(11(3)4)14-10-8-6-2;2*1-4(2,3)5;1-4(2)3;/h11-12H,5-10H2,1-4H3;2*1-3H3;1-3H3;/q-2;;;-1;. The van der Waals surface area contributed by atoms with E-state index in [2.05, 4.69) is 108 Å². The number of rotatable bonds is 9. The third-order valence-corrected chi connectivity index (χ3v) is 5.98. The second-order valence-electron chi connectivity index (χ2n) is 10.3. The Labute approximate surface area is 193 Å². The van der Waals surface area contributed by atoms with Gasteiger partial charge in [-0.3, -0.25) is 0 Å². The third-order valence-electron chi connectivity index (χ3n) is 2.88. The van der Waals surface area contributed by atoms with Gasteiger partial charge in [0, 0.05) is 0 Å². The van der Waals surface area contributed by atoms with Gasteiger partial charge in [-0.2, -0.15) is 20.8 Å². The monoisotopic (exact) mass is 495 g/mol. The topological polar surface area (TPSA) is 52.9 Å². The molecule has 0 aliphatic rings. The Morgan fingerprint density at radius 1 is 0.759 bits per heavy atom. The zero-order valence-electron chi connectivity index (χ0n) is 22.1. The molecule has 0 aromatic carbocycles. The molecule has 0 radical (unpaired) electrons. The summed E-state index contributed by atoms with van der Waals surface area (Å²) in [5.41, 5.74) is 0.216. The molecule has 0 aliphatic heterocycles. The Morgan fingerprint density at radius 3 is 1.28 bits per heavy atom. The molecule has 29 heavy (non-hydrogen) atoms. The maximum atomic E-state index is 4.62. The molecule has 0 atom stereocenters. The van der Waals surface area contributed by atoms with Crippen LogP contribution < -0.4 is 0 Å². The fourth-order valence-corrected chi connectivity index (χ4v) is 2.81. The average molecular weight is 494 g/mol. The van der Waals surface area contributed by atoms with Crippen molar-refractivity contribution < 1.29 is 18.2 Å². The molecule has 4 nitrogen and oxygen atoms in total. The van der Waals surface area contributed by atoms with Crippen LogP contribution in [0.1, 0.15) is 116 Å². The molecule has 0 amide bonds. The Kier molecular flexibility index (Phi) is 23.5. The summed E-state index contributed by atoms with van der Waals surface area (Å²) in [6, 6.07) is 0. The molecule has 0 saturated carbocycles. The van der Waals surface area contributed by atoms with Gasteiger partial charge in [-0.05, 0) is 0 Å². The second kappa shape index (κ2) is 20.1. The van der Waals surface area contributed by atoms with E-state index in [1.807, 2.05) is 0 Å². The molecule has 5 heteroatoms. The predicted molar refractivity (Wildman–Crippen MR) is 130 cm³/mol. The molecule has 0 aromatic rings. The molecule has 0 bridgehead atoms. The van der Waals surface area contributed by atoms with Crippen LogP contribution in [0.2, 0.25) is 0 Å². The molecular formula is C24H53MoN4-3. The minimum Gasteiger partial charge on any atom is -0.678 e. The van der Waals surface area contributed by atoms with Gasteiger partial charge in [0.2, 0.25) is 0 Å². The molecule has 0 heterocycles. The van der Waals surface area contributed by atoms with Crippen LogP contribution >= 0.6 is 0 Å². The summed E-state index contributed by atoms with van der Waals surface area (Å²) >= 11 is -0.473. The van der Waals surface area contributed by atoms with Crippen LogP contribution in [0, 0.1) is 11.8 Å². The first kappa shape index (κ1) is 33.8. The van der Waals surface area contributed by atoms with Crippen molar-refractivity contribution in [1.29, 1.82) is 0 Å². The van der Waals surface area contributed by atoms with E-state index in [1.54, 1.807) is 0 Å². The van der Waals surface area contributed by atoms with Gasteiger partial charge in [-0.1, -0.05) is 59.3 Å². The van der Waals surface area contributed by atoms with Crippen LogP contribution in [-0.2, 0) is 18.2 Å². The van der Waals surface area contributed by atoms with Crippen LogP contribution in [0.5, 0.6) is 0 Å². The fourth-order valence-electron chi connectivity index (χ4n) is 1.51. The van der Waals surface area contributed by atoms with Gasteiger partial charge in [-0.25, -0.2) is 6.17 Å². The Balaban J connectivity index is -0.000000401. The summed E-state index contributed by atoms with van der Waals surface area (Å²) in [6.45, 7) is 29.8. The molecule has 0 unspecified atom stereocenters. The number of hydrogen-bond acceptors (Lipinski definition) is 2. The zero-order chi connectivity index (χ0) is 23.5. The smallest absolute Gasteiger partial charge is 0.0578 e. The van der Waals surface area contributed by atoms with E-state index in [0.717, 1.165) is 13.1 Å². The summed E-state index contributed by atoms with van der Waals surface area (Å²) in [5.74, 6) is 1.98.